The summed E-state index contributed by atoms with van der Waals surface area (Å²) in [5.74, 6) is 1.54. The van der Waals surface area contributed by atoms with Crippen molar-refractivity contribution in [3.05, 3.63) is 29.9 Å². The molecule has 0 radical (unpaired) electrons. The molecule has 0 bridgehead atoms. The fourth-order valence-corrected chi connectivity index (χ4v) is 2.37. The second-order valence-corrected chi connectivity index (χ2v) is 4.83. The van der Waals surface area contributed by atoms with Crippen LogP contribution in [0.3, 0.4) is 0 Å². The van der Waals surface area contributed by atoms with Crippen molar-refractivity contribution in [1.82, 2.24) is 19.7 Å². The molecule has 0 aliphatic carbocycles. The Bertz CT molecular complexity index is 544. The molecule has 2 aromatic heterocycles. The number of hydrogen-bond acceptors (Lipinski definition) is 6. The van der Waals surface area contributed by atoms with Crippen molar-refractivity contribution in [1.29, 1.82) is 0 Å². The zero-order valence-electron chi connectivity index (χ0n) is 10.8. The van der Waals surface area contributed by atoms with Crippen molar-refractivity contribution < 1.29 is 9.26 Å². The lowest BCUT2D eigenvalue weighted by molar-refractivity contribution is 0.180. The van der Waals surface area contributed by atoms with E-state index < -0.39 is 0 Å². The molecule has 1 saturated heterocycles. The van der Waals surface area contributed by atoms with Gasteiger partial charge in [-0.25, -0.2) is 4.98 Å². The third-order valence-corrected chi connectivity index (χ3v) is 3.43. The molecule has 3 rings (SSSR count). The van der Waals surface area contributed by atoms with E-state index in [4.69, 9.17) is 15.0 Å². The Morgan fingerprint density at radius 3 is 3.16 bits per heavy atom. The molecule has 7 heteroatoms. The second-order valence-electron chi connectivity index (χ2n) is 4.83. The number of nitrogens with zero attached hydrogens (tertiary/aromatic N) is 4. The summed E-state index contributed by atoms with van der Waals surface area (Å²) in [6.07, 6.45) is 4.53. The highest BCUT2D eigenvalue weighted by atomic mass is 16.5. The first-order valence-corrected chi connectivity index (χ1v) is 6.36. The Labute approximate surface area is 110 Å². The lowest BCUT2D eigenvalue weighted by Gasteiger charge is -2.18. The average Bonchev–Trinajstić information content (AvgIpc) is 3.10. The molecule has 1 fully saturated rings. The fourth-order valence-electron chi connectivity index (χ4n) is 2.37. The molecule has 19 heavy (non-hydrogen) atoms. The molecule has 1 aliphatic heterocycles. The summed E-state index contributed by atoms with van der Waals surface area (Å²) in [7, 11) is 0. The minimum absolute atomic E-state index is 0.0750. The van der Waals surface area contributed by atoms with Crippen LogP contribution in [-0.2, 0) is 11.3 Å². The van der Waals surface area contributed by atoms with E-state index in [1.807, 2.05) is 4.57 Å². The second kappa shape index (κ2) is 5.10. The predicted molar refractivity (Wildman–Crippen MR) is 66.2 cm³/mol. The number of hydrogen-bond donors (Lipinski definition) is 1. The van der Waals surface area contributed by atoms with Crippen LogP contribution in [0.2, 0.25) is 0 Å². The Balaban J connectivity index is 1.77. The molecule has 3 heterocycles. The minimum atomic E-state index is -0.0750. The maximum absolute atomic E-state index is 6.30. The van der Waals surface area contributed by atoms with Crippen LogP contribution in [0.15, 0.2) is 17.0 Å². The molecule has 2 unspecified atom stereocenters. The molecular formula is C12H17N5O2. The van der Waals surface area contributed by atoms with Crippen LogP contribution in [-0.4, -0.2) is 32.9 Å². The van der Waals surface area contributed by atoms with Gasteiger partial charge in [-0.15, -0.1) is 0 Å². The Hall–Kier alpha value is -1.73. The van der Waals surface area contributed by atoms with Gasteiger partial charge in [0.1, 0.15) is 6.54 Å². The first-order chi connectivity index (χ1) is 9.24. The molecule has 2 N–H and O–H groups in total. The van der Waals surface area contributed by atoms with Gasteiger partial charge in [-0.1, -0.05) is 5.16 Å². The summed E-state index contributed by atoms with van der Waals surface area (Å²) in [6.45, 7) is 3.79. The SMILES string of the molecule is Cc1noc(Cn2cncc2C(N)C2CCOC2)n1. The lowest BCUT2D eigenvalue weighted by Crippen LogP contribution is -2.24. The van der Waals surface area contributed by atoms with Crippen molar-refractivity contribution in [3.8, 4) is 0 Å². The summed E-state index contributed by atoms with van der Waals surface area (Å²) in [5.41, 5.74) is 7.28. The molecule has 0 saturated carbocycles. The molecule has 2 atom stereocenters. The van der Waals surface area contributed by atoms with Gasteiger partial charge < -0.3 is 19.6 Å². The fraction of sp³-hybridized carbons (Fsp3) is 0.583. The summed E-state index contributed by atoms with van der Waals surface area (Å²) in [6, 6.07) is -0.0750. The first kappa shape index (κ1) is 12.3. The standard InChI is InChI=1S/C12H17N5O2/c1-8-15-11(19-16-8)5-17-7-14-4-10(17)12(13)9-2-3-18-6-9/h4,7,9,12H,2-3,5-6,13H2,1H3. The van der Waals surface area contributed by atoms with E-state index in [-0.39, 0.29) is 6.04 Å². The maximum atomic E-state index is 6.30. The molecule has 0 aromatic carbocycles. The normalized spacial score (nSPS) is 20.8. The van der Waals surface area contributed by atoms with Crippen molar-refractivity contribution in [2.75, 3.05) is 13.2 Å². The molecule has 2 aromatic rings. The minimum Gasteiger partial charge on any atom is -0.381 e. The smallest absolute Gasteiger partial charge is 0.246 e. The zero-order chi connectivity index (χ0) is 13.2. The molecule has 0 spiro atoms. The van der Waals surface area contributed by atoms with Crippen LogP contribution in [0.5, 0.6) is 0 Å². The number of ether oxygens (including phenoxy) is 1. The number of imidazole rings is 1. The highest BCUT2D eigenvalue weighted by molar-refractivity contribution is 5.08. The lowest BCUT2D eigenvalue weighted by atomic mass is 9.97. The van der Waals surface area contributed by atoms with Gasteiger partial charge >= 0.3 is 0 Å². The van der Waals surface area contributed by atoms with Crippen LogP contribution < -0.4 is 5.73 Å². The largest absolute Gasteiger partial charge is 0.381 e. The van der Waals surface area contributed by atoms with Crippen molar-refractivity contribution in [2.45, 2.75) is 25.9 Å². The van der Waals surface area contributed by atoms with Gasteiger partial charge in [0.15, 0.2) is 5.82 Å². The van der Waals surface area contributed by atoms with Crippen LogP contribution in [0.4, 0.5) is 0 Å². The summed E-state index contributed by atoms with van der Waals surface area (Å²) >= 11 is 0. The van der Waals surface area contributed by atoms with Crippen molar-refractivity contribution in [3.63, 3.8) is 0 Å². The summed E-state index contributed by atoms with van der Waals surface area (Å²) < 4.78 is 12.5. The van der Waals surface area contributed by atoms with Crippen LogP contribution in [0.1, 0.15) is 29.9 Å². The van der Waals surface area contributed by atoms with E-state index in [0.29, 0.717) is 30.8 Å². The number of aryl methyl sites for hydroxylation is 1. The van der Waals surface area contributed by atoms with E-state index in [0.717, 1.165) is 18.7 Å². The zero-order valence-corrected chi connectivity index (χ0v) is 10.8. The maximum Gasteiger partial charge on any atom is 0.246 e. The van der Waals surface area contributed by atoms with Crippen LogP contribution in [0.25, 0.3) is 0 Å². The summed E-state index contributed by atoms with van der Waals surface area (Å²) in [4.78, 5) is 8.36. The first-order valence-electron chi connectivity index (χ1n) is 6.36. The van der Waals surface area contributed by atoms with Gasteiger partial charge in [0.05, 0.1) is 24.7 Å². The number of aromatic nitrogens is 4. The average molecular weight is 263 g/mol. The van der Waals surface area contributed by atoms with Crippen LogP contribution in [0, 0.1) is 12.8 Å². The summed E-state index contributed by atoms with van der Waals surface area (Å²) in [5, 5.41) is 3.78. The van der Waals surface area contributed by atoms with E-state index in [9.17, 15) is 0 Å². The third kappa shape index (κ3) is 2.52. The third-order valence-electron chi connectivity index (χ3n) is 3.43. The van der Waals surface area contributed by atoms with E-state index in [1.54, 1.807) is 19.4 Å². The number of rotatable bonds is 4. The topological polar surface area (TPSA) is 92.0 Å². The van der Waals surface area contributed by atoms with E-state index >= 15 is 0 Å². The van der Waals surface area contributed by atoms with Gasteiger partial charge in [-0.2, -0.15) is 4.98 Å². The highest BCUT2D eigenvalue weighted by Gasteiger charge is 2.26. The quantitative estimate of drug-likeness (QED) is 0.871. The Kier molecular flexibility index (Phi) is 3.31. The van der Waals surface area contributed by atoms with Crippen LogP contribution >= 0.6 is 0 Å². The predicted octanol–water partition coefficient (Wildman–Crippen LogP) is 0.659. The van der Waals surface area contributed by atoms with Gasteiger partial charge in [0.2, 0.25) is 5.89 Å². The molecule has 1 aliphatic rings. The van der Waals surface area contributed by atoms with Gasteiger partial charge in [-0.3, -0.25) is 0 Å². The van der Waals surface area contributed by atoms with Crippen molar-refractivity contribution >= 4 is 0 Å². The molecule has 0 amide bonds. The van der Waals surface area contributed by atoms with E-state index in [1.165, 1.54) is 0 Å². The number of nitrogens with two attached hydrogens (primary N) is 1. The molecule has 7 nitrogen and oxygen atoms in total. The van der Waals surface area contributed by atoms with Gasteiger partial charge in [0, 0.05) is 18.7 Å². The Morgan fingerprint density at radius 2 is 2.47 bits per heavy atom. The van der Waals surface area contributed by atoms with E-state index in [2.05, 4.69) is 15.1 Å². The monoisotopic (exact) mass is 263 g/mol. The Morgan fingerprint density at radius 1 is 1.58 bits per heavy atom. The van der Waals surface area contributed by atoms with Gasteiger partial charge in [-0.05, 0) is 13.3 Å². The highest BCUT2D eigenvalue weighted by Crippen LogP contribution is 2.26. The molecular weight excluding hydrogens is 246 g/mol. The molecule has 102 valence electrons. The van der Waals surface area contributed by atoms with Gasteiger partial charge in [0.25, 0.3) is 0 Å². The van der Waals surface area contributed by atoms with Crippen molar-refractivity contribution in [2.24, 2.45) is 11.7 Å².